The molecule has 13 heavy (non-hydrogen) atoms. The zero-order valence-corrected chi connectivity index (χ0v) is 8.65. The predicted molar refractivity (Wildman–Crippen MR) is 53.2 cm³/mol. The van der Waals surface area contributed by atoms with Crippen LogP contribution in [-0.2, 0) is 9.53 Å². The zero-order valence-electron chi connectivity index (χ0n) is 7.84. The van der Waals surface area contributed by atoms with Gasteiger partial charge in [0, 0.05) is 19.7 Å². The molecule has 1 heterocycles. The van der Waals surface area contributed by atoms with E-state index in [4.69, 9.17) is 4.74 Å². The summed E-state index contributed by atoms with van der Waals surface area (Å²) in [4.78, 5) is 11.0. The van der Waals surface area contributed by atoms with Gasteiger partial charge < -0.3 is 15.4 Å². The van der Waals surface area contributed by atoms with Crippen molar-refractivity contribution < 1.29 is 9.53 Å². The number of amides is 1. The molecule has 0 saturated carbocycles. The first-order chi connectivity index (χ1) is 5.83. The van der Waals surface area contributed by atoms with Gasteiger partial charge in [-0.2, -0.15) is 0 Å². The summed E-state index contributed by atoms with van der Waals surface area (Å²) in [5.41, 5.74) is 0. The Kier molecular flexibility index (Phi) is 6.94. The largest absolute Gasteiger partial charge is 0.375 e. The molecule has 4 nitrogen and oxygen atoms in total. The average Bonchev–Trinajstić information content (AvgIpc) is 2.06. The lowest BCUT2D eigenvalue weighted by atomic mass is 10.1. The topological polar surface area (TPSA) is 50.4 Å². The van der Waals surface area contributed by atoms with Gasteiger partial charge in [-0.15, -0.1) is 12.4 Å². The van der Waals surface area contributed by atoms with Gasteiger partial charge in [0.2, 0.25) is 5.91 Å². The molecule has 0 aromatic heterocycles. The molecule has 0 bridgehead atoms. The molecule has 0 aliphatic carbocycles. The fourth-order valence-electron chi connectivity index (χ4n) is 1.38. The smallest absolute Gasteiger partial charge is 0.246 e. The van der Waals surface area contributed by atoms with Gasteiger partial charge in [-0.05, 0) is 19.4 Å². The number of rotatable bonds is 3. The molecule has 1 atom stereocenters. The Morgan fingerprint density at radius 3 is 3.00 bits per heavy atom. The van der Waals surface area contributed by atoms with Crippen LogP contribution in [0.1, 0.15) is 12.8 Å². The fourth-order valence-corrected chi connectivity index (χ4v) is 1.38. The van der Waals surface area contributed by atoms with Crippen molar-refractivity contribution in [2.45, 2.75) is 18.9 Å². The Balaban J connectivity index is 0.00000144. The zero-order chi connectivity index (χ0) is 8.81. The second-order valence-corrected chi connectivity index (χ2v) is 3.04. The summed E-state index contributed by atoms with van der Waals surface area (Å²) >= 11 is 0. The van der Waals surface area contributed by atoms with E-state index in [0.717, 1.165) is 25.9 Å². The first kappa shape index (κ1) is 12.7. The molecule has 1 aliphatic rings. The number of hydrogen-bond donors (Lipinski definition) is 2. The van der Waals surface area contributed by atoms with E-state index in [-0.39, 0.29) is 24.9 Å². The minimum absolute atomic E-state index is 0. The van der Waals surface area contributed by atoms with Crippen LogP contribution in [0.5, 0.6) is 0 Å². The van der Waals surface area contributed by atoms with Crippen molar-refractivity contribution in [3.05, 3.63) is 0 Å². The highest BCUT2D eigenvalue weighted by Crippen LogP contribution is 2.00. The van der Waals surface area contributed by atoms with Crippen molar-refractivity contribution in [3.63, 3.8) is 0 Å². The summed E-state index contributed by atoms with van der Waals surface area (Å²) in [5.74, 6) is -0.0220. The van der Waals surface area contributed by atoms with Gasteiger partial charge >= 0.3 is 0 Å². The SMILES string of the molecule is COCC(=O)N[C@@H]1CCCNC1.Cl. The molecule has 1 rings (SSSR count). The Labute approximate surface area is 84.8 Å². The van der Waals surface area contributed by atoms with E-state index < -0.39 is 0 Å². The van der Waals surface area contributed by atoms with Crippen LogP contribution in [0, 0.1) is 0 Å². The van der Waals surface area contributed by atoms with Crippen molar-refractivity contribution in [3.8, 4) is 0 Å². The third-order valence-electron chi connectivity index (χ3n) is 1.94. The van der Waals surface area contributed by atoms with E-state index in [1.165, 1.54) is 7.11 Å². The lowest BCUT2D eigenvalue weighted by molar-refractivity contribution is -0.125. The Hall–Kier alpha value is -0.320. The number of piperidine rings is 1. The van der Waals surface area contributed by atoms with E-state index in [1.807, 2.05) is 0 Å². The van der Waals surface area contributed by atoms with Gasteiger partial charge in [0.15, 0.2) is 0 Å². The third kappa shape index (κ3) is 5.08. The van der Waals surface area contributed by atoms with E-state index in [9.17, 15) is 4.79 Å². The van der Waals surface area contributed by atoms with Gasteiger partial charge in [0.25, 0.3) is 0 Å². The van der Waals surface area contributed by atoms with Crippen LogP contribution < -0.4 is 10.6 Å². The maximum Gasteiger partial charge on any atom is 0.246 e. The maximum absolute atomic E-state index is 11.0. The van der Waals surface area contributed by atoms with Crippen LogP contribution >= 0.6 is 12.4 Å². The molecular formula is C8H17ClN2O2. The summed E-state index contributed by atoms with van der Waals surface area (Å²) in [6, 6.07) is 0.293. The van der Waals surface area contributed by atoms with Crippen LogP contribution in [0.3, 0.4) is 0 Å². The minimum atomic E-state index is -0.0220. The second-order valence-electron chi connectivity index (χ2n) is 3.04. The number of carbonyl (C=O) groups excluding carboxylic acids is 1. The highest BCUT2D eigenvalue weighted by molar-refractivity contribution is 5.85. The first-order valence-corrected chi connectivity index (χ1v) is 4.32. The Bertz CT molecular complexity index is 149. The summed E-state index contributed by atoms with van der Waals surface area (Å²) in [6.07, 6.45) is 2.21. The van der Waals surface area contributed by atoms with Crippen molar-refractivity contribution in [1.82, 2.24) is 10.6 Å². The number of carbonyl (C=O) groups is 1. The van der Waals surface area contributed by atoms with Crippen LogP contribution in [0.2, 0.25) is 0 Å². The molecular weight excluding hydrogens is 192 g/mol. The number of hydrogen-bond acceptors (Lipinski definition) is 3. The molecule has 0 aromatic rings. The summed E-state index contributed by atoms with van der Waals surface area (Å²) in [6.45, 7) is 2.11. The van der Waals surface area contributed by atoms with Crippen LogP contribution in [0.25, 0.3) is 0 Å². The van der Waals surface area contributed by atoms with Crippen LogP contribution in [0.15, 0.2) is 0 Å². The molecule has 1 aliphatic heterocycles. The van der Waals surface area contributed by atoms with Crippen LogP contribution in [-0.4, -0.2) is 38.8 Å². The van der Waals surface area contributed by atoms with Gasteiger partial charge in [0.1, 0.15) is 6.61 Å². The van der Waals surface area contributed by atoms with Crippen molar-refractivity contribution in [2.75, 3.05) is 26.8 Å². The molecule has 1 amide bonds. The van der Waals surface area contributed by atoms with E-state index >= 15 is 0 Å². The highest BCUT2D eigenvalue weighted by atomic mass is 35.5. The van der Waals surface area contributed by atoms with Crippen molar-refractivity contribution >= 4 is 18.3 Å². The predicted octanol–water partition coefficient (Wildman–Crippen LogP) is -0.0772. The first-order valence-electron chi connectivity index (χ1n) is 4.32. The molecule has 0 aromatic carbocycles. The summed E-state index contributed by atoms with van der Waals surface area (Å²) in [7, 11) is 1.53. The Morgan fingerprint density at radius 1 is 1.69 bits per heavy atom. The highest BCUT2D eigenvalue weighted by Gasteiger charge is 2.14. The molecule has 1 fully saturated rings. The van der Waals surface area contributed by atoms with Gasteiger partial charge in [-0.3, -0.25) is 4.79 Å². The molecule has 2 N–H and O–H groups in total. The molecule has 0 spiro atoms. The number of halogens is 1. The number of methoxy groups -OCH3 is 1. The normalized spacial score (nSPS) is 21.8. The van der Waals surface area contributed by atoms with Crippen molar-refractivity contribution in [2.24, 2.45) is 0 Å². The number of nitrogens with one attached hydrogen (secondary N) is 2. The van der Waals surface area contributed by atoms with Gasteiger partial charge in [-0.1, -0.05) is 0 Å². The standard InChI is InChI=1S/C8H16N2O2.ClH/c1-12-6-8(11)10-7-3-2-4-9-5-7;/h7,9H,2-6H2,1H3,(H,10,11);1H/t7-;/m1./s1. The number of ether oxygens (including phenoxy) is 1. The summed E-state index contributed by atoms with van der Waals surface area (Å²) < 4.78 is 4.71. The molecule has 0 unspecified atom stereocenters. The molecule has 0 radical (unpaired) electrons. The molecule has 78 valence electrons. The monoisotopic (exact) mass is 208 g/mol. The van der Waals surface area contributed by atoms with Crippen molar-refractivity contribution in [1.29, 1.82) is 0 Å². The average molecular weight is 209 g/mol. The Morgan fingerprint density at radius 2 is 2.46 bits per heavy atom. The third-order valence-corrected chi connectivity index (χ3v) is 1.94. The summed E-state index contributed by atoms with van der Waals surface area (Å²) in [5, 5.41) is 6.12. The molecule has 1 saturated heterocycles. The molecule has 5 heteroatoms. The van der Waals surface area contributed by atoms with E-state index in [1.54, 1.807) is 0 Å². The van der Waals surface area contributed by atoms with E-state index in [0.29, 0.717) is 6.04 Å². The van der Waals surface area contributed by atoms with Gasteiger partial charge in [-0.25, -0.2) is 0 Å². The van der Waals surface area contributed by atoms with E-state index in [2.05, 4.69) is 10.6 Å². The second kappa shape index (κ2) is 7.12. The quantitative estimate of drug-likeness (QED) is 0.683. The maximum atomic E-state index is 11.0. The fraction of sp³-hybridized carbons (Fsp3) is 0.875. The lowest BCUT2D eigenvalue weighted by Gasteiger charge is -2.23. The lowest BCUT2D eigenvalue weighted by Crippen LogP contribution is -2.46. The van der Waals surface area contributed by atoms with Crippen LogP contribution in [0.4, 0.5) is 0 Å². The van der Waals surface area contributed by atoms with Gasteiger partial charge in [0.05, 0.1) is 0 Å². The minimum Gasteiger partial charge on any atom is -0.375 e.